The van der Waals surface area contributed by atoms with Crippen LogP contribution in [-0.4, -0.2) is 16.8 Å². The molecule has 5 heteroatoms. The molecule has 0 radical (unpaired) electrons. The normalized spacial score (nSPS) is 10.4. The van der Waals surface area contributed by atoms with Gasteiger partial charge in [0.15, 0.2) is 0 Å². The lowest BCUT2D eigenvalue weighted by atomic mass is 10.2. The average molecular weight is 322 g/mol. The van der Waals surface area contributed by atoms with Crippen molar-refractivity contribution in [3.8, 4) is 0 Å². The Kier molecular flexibility index (Phi) is 6.11. The van der Waals surface area contributed by atoms with Crippen LogP contribution in [0.25, 0.3) is 0 Å². The Morgan fingerprint density at radius 2 is 1.95 bits per heavy atom. The lowest BCUT2D eigenvalue weighted by Crippen LogP contribution is -2.12. The number of carbonyl (C=O) groups excluding carboxylic acids is 1. The molecule has 0 saturated carbocycles. The lowest BCUT2D eigenvalue weighted by Gasteiger charge is -2.06. The van der Waals surface area contributed by atoms with Crippen LogP contribution < -0.4 is 5.32 Å². The van der Waals surface area contributed by atoms with E-state index in [1.807, 2.05) is 30.3 Å². The zero-order chi connectivity index (χ0) is 15.1. The standard InChI is InChI=1S/C16H16ClNO2S/c17-13-2-1-3-14(10-13)18-16(20)8-9-21-15-6-4-12(11-19)5-7-15/h1-7,10,19H,8-9,11H2,(H,18,20). The topological polar surface area (TPSA) is 49.3 Å². The van der Waals surface area contributed by atoms with Gasteiger partial charge in [-0.3, -0.25) is 4.79 Å². The van der Waals surface area contributed by atoms with Crippen LogP contribution in [0.4, 0.5) is 5.69 Å². The first-order valence-corrected chi connectivity index (χ1v) is 7.92. The Hall–Kier alpha value is -1.49. The van der Waals surface area contributed by atoms with Gasteiger partial charge in [0.05, 0.1) is 6.61 Å². The van der Waals surface area contributed by atoms with Crippen molar-refractivity contribution in [1.82, 2.24) is 0 Å². The van der Waals surface area contributed by atoms with Gasteiger partial charge in [0, 0.05) is 27.8 Å². The van der Waals surface area contributed by atoms with Gasteiger partial charge in [0.2, 0.25) is 5.91 Å². The van der Waals surface area contributed by atoms with Gasteiger partial charge in [-0.1, -0.05) is 29.8 Å². The van der Waals surface area contributed by atoms with E-state index in [1.54, 1.807) is 30.0 Å². The van der Waals surface area contributed by atoms with E-state index < -0.39 is 0 Å². The van der Waals surface area contributed by atoms with Crippen molar-refractivity contribution >= 4 is 35.0 Å². The fraction of sp³-hybridized carbons (Fsp3) is 0.188. The third kappa shape index (κ3) is 5.42. The molecule has 0 fully saturated rings. The number of aliphatic hydroxyl groups is 1. The van der Waals surface area contributed by atoms with Gasteiger partial charge in [-0.25, -0.2) is 0 Å². The molecule has 2 N–H and O–H groups in total. The quantitative estimate of drug-likeness (QED) is 0.792. The molecule has 21 heavy (non-hydrogen) atoms. The van der Waals surface area contributed by atoms with E-state index in [0.717, 1.165) is 10.5 Å². The first kappa shape index (κ1) is 15.9. The second kappa shape index (κ2) is 8.08. The zero-order valence-corrected chi connectivity index (χ0v) is 13.0. The number of amides is 1. The van der Waals surface area contributed by atoms with Crippen LogP contribution in [0.2, 0.25) is 5.02 Å². The SMILES string of the molecule is O=C(CCSc1ccc(CO)cc1)Nc1cccc(Cl)c1. The second-order valence-electron chi connectivity index (χ2n) is 4.46. The molecule has 0 bridgehead atoms. The van der Waals surface area contributed by atoms with Crippen molar-refractivity contribution in [3.05, 3.63) is 59.1 Å². The summed E-state index contributed by atoms with van der Waals surface area (Å²) in [6.45, 7) is 0.0486. The van der Waals surface area contributed by atoms with Gasteiger partial charge in [0.25, 0.3) is 0 Å². The number of halogens is 1. The molecule has 0 atom stereocenters. The van der Waals surface area contributed by atoms with E-state index in [1.165, 1.54) is 0 Å². The number of hydrogen-bond donors (Lipinski definition) is 2. The van der Waals surface area contributed by atoms with E-state index in [-0.39, 0.29) is 12.5 Å². The fourth-order valence-electron chi connectivity index (χ4n) is 1.74. The van der Waals surface area contributed by atoms with Crippen LogP contribution in [0.15, 0.2) is 53.4 Å². The second-order valence-corrected chi connectivity index (χ2v) is 6.06. The molecule has 0 aromatic heterocycles. The van der Waals surface area contributed by atoms with E-state index in [9.17, 15) is 4.79 Å². The molecule has 2 aromatic rings. The van der Waals surface area contributed by atoms with Gasteiger partial charge in [0.1, 0.15) is 0 Å². The fourth-order valence-corrected chi connectivity index (χ4v) is 2.78. The number of hydrogen-bond acceptors (Lipinski definition) is 3. The summed E-state index contributed by atoms with van der Waals surface area (Å²) in [5.41, 5.74) is 1.60. The predicted molar refractivity (Wildman–Crippen MR) is 87.8 cm³/mol. The summed E-state index contributed by atoms with van der Waals surface area (Å²) in [7, 11) is 0. The van der Waals surface area contributed by atoms with Crippen molar-refractivity contribution < 1.29 is 9.90 Å². The molecule has 0 aliphatic rings. The summed E-state index contributed by atoms with van der Waals surface area (Å²) in [4.78, 5) is 12.9. The third-order valence-corrected chi connectivity index (χ3v) is 4.06. The molecule has 1 amide bonds. The molecule has 0 heterocycles. The van der Waals surface area contributed by atoms with E-state index in [2.05, 4.69) is 5.32 Å². The molecule has 2 aromatic carbocycles. The predicted octanol–water partition coefficient (Wildman–Crippen LogP) is 3.95. The van der Waals surface area contributed by atoms with Crippen LogP contribution in [-0.2, 0) is 11.4 Å². The Morgan fingerprint density at radius 1 is 1.19 bits per heavy atom. The van der Waals surface area contributed by atoms with Crippen LogP contribution >= 0.6 is 23.4 Å². The van der Waals surface area contributed by atoms with Crippen LogP contribution in [0.5, 0.6) is 0 Å². The van der Waals surface area contributed by atoms with Crippen molar-refractivity contribution in [2.45, 2.75) is 17.9 Å². The molecular formula is C16H16ClNO2S. The average Bonchev–Trinajstić information content (AvgIpc) is 2.48. The molecule has 2 rings (SSSR count). The smallest absolute Gasteiger partial charge is 0.225 e. The molecule has 0 aliphatic carbocycles. The van der Waals surface area contributed by atoms with E-state index in [0.29, 0.717) is 22.9 Å². The number of anilines is 1. The highest BCUT2D eigenvalue weighted by molar-refractivity contribution is 7.99. The van der Waals surface area contributed by atoms with Gasteiger partial charge < -0.3 is 10.4 Å². The Bertz CT molecular complexity index is 601. The van der Waals surface area contributed by atoms with Crippen molar-refractivity contribution in [2.24, 2.45) is 0 Å². The maximum atomic E-state index is 11.8. The maximum Gasteiger partial charge on any atom is 0.225 e. The molecule has 0 unspecified atom stereocenters. The number of rotatable bonds is 6. The Morgan fingerprint density at radius 3 is 2.62 bits per heavy atom. The minimum Gasteiger partial charge on any atom is -0.392 e. The Balaban J connectivity index is 1.76. The highest BCUT2D eigenvalue weighted by atomic mass is 35.5. The van der Waals surface area contributed by atoms with E-state index in [4.69, 9.17) is 16.7 Å². The minimum absolute atomic E-state index is 0.0308. The van der Waals surface area contributed by atoms with Crippen LogP contribution in [0.3, 0.4) is 0 Å². The third-order valence-electron chi connectivity index (χ3n) is 2.81. The molecule has 0 spiro atoms. The number of benzene rings is 2. The first-order valence-electron chi connectivity index (χ1n) is 6.55. The molecule has 110 valence electrons. The zero-order valence-electron chi connectivity index (χ0n) is 11.4. The summed E-state index contributed by atoms with van der Waals surface area (Å²) < 4.78 is 0. The molecule has 3 nitrogen and oxygen atoms in total. The molecular weight excluding hydrogens is 306 g/mol. The van der Waals surface area contributed by atoms with E-state index >= 15 is 0 Å². The molecule has 0 aliphatic heterocycles. The Labute approximate surface area is 133 Å². The monoisotopic (exact) mass is 321 g/mol. The highest BCUT2D eigenvalue weighted by Gasteiger charge is 2.03. The summed E-state index contributed by atoms with van der Waals surface area (Å²) in [6, 6.07) is 14.8. The number of thioether (sulfide) groups is 1. The largest absolute Gasteiger partial charge is 0.392 e. The number of carbonyl (C=O) groups is 1. The van der Waals surface area contributed by atoms with Gasteiger partial charge in [-0.2, -0.15) is 0 Å². The highest BCUT2D eigenvalue weighted by Crippen LogP contribution is 2.20. The van der Waals surface area contributed by atoms with Crippen LogP contribution in [0, 0.1) is 0 Å². The summed E-state index contributed by atoms with van der Waals surface area (Å²) in [6.07, 6.45) is 0.429. The van der Waals surface area contributed by atoms with Crippen molar-refractivity contribution in [2.75, 3.05) is 11.1 Å². The van der Waals surface area contributed by atoms with Gasteiger partial charge >= 0.3 is 0 Å². The lowest BCUT2D eigenvalue weighted by molar-refractivity contribution is -0.115. The van der Waals surface area contributed by atoms with Gasteiger partial charge in [-0.15, -0.1) is 11.8 Å². The maximum absolute atomic E-state index is 11.8. The van der Waals surface area contributed by atoms with Crippen molar-refractivity contribution in [3.63, 3.8) is 0 Å². The summed E-state index contributed by atoms with van der Waals surface area (Å²) in [5, 5.41) is 12.4. The van der Waals surface area contributed by atoms with Crippen LogP contribution in [0.1, 0.15) is 12.0 Å². The number of aliphatic hydroxyl groups excluding tert-OH is 1. The summed E-state index contributed by atoms with van der Waals surface area (Å²) in [5.74, 6) is 0.668. The van der Waals surface area contributed by atoms with Gasteiger partial charge in [-0.05, 0) is 35.9 Å². The van der Waals surface area contributed by atoms with Crippen molar-refractivity contribution in [1.29, 1.82) is 0 Å². The number of nitrogens with one attached hydrogen (secondary N) is 1. The molecule has 0 saturated heterocycles. The first-order chi connectivity index (χ1) is 10.2. The summed E-state index contributed by atoms with van der Waals surface area (Å²) >= 11 is 7.48. The minimum atomic E-state index is -0.0308.